The van der Waals surface area contributed by atoms with E-state index in [1.165, 1.54) is 6.07 Å². The predicted octanol–water partition coefficient (Wildman–Crippen LogP) is 3.74. The van der Waals surface area contributed by atoms with Crippen molar-refractivity contribution in [1.82, 2.24) is 14.6 Å². The number of aromatic hydroxyl groups is 1. The zero-order valence-corrected chi connectivity index (χ0v) is 17.2. The molecule has 0 saturated carbocycles. The molecule has 0 aliphatic carbocycles. The van der Waals surface area contributed by atoms with Crippen LogP contribution in [-0.2, 0) is 0 Å². The van der Waals surface area contributed by atoms with Crippen molar-refractivity contribution < 1.29 is 9.90 Å². The van der Waals surface area contributed by atoms with Crippen molar-refractivity contribution in [3.63, 3.8) is 0 Å². The normalized spacial score (nSPS) is 19.1. The van der Waals surface area contributed by atoms with E-state index in [0.717, 1.165) is 36.9 Å². The highest BCUT2D eigenvalue weighted by molar-refractivity contribution is 5.95. The number of carbonyl (C=O) groups is 1. The molecule has 1 saturated heterocycles. The quantitative estimate of drug-likeness (QED) is 0.708. The zero-order valence-electron chi connectivity index (χ0n) is 17.2. The van der Waals surface area contributed by atoms with Gasteiger partial charge in [-0.3, -0.25) is 14.6 Å². The molecule has 3 aromatic rings. The molecule has 1 aromatic heterocycles. The fourth-order valence-electron chi connectivity index (χ4n) is 4.88. The Hall–Kier alpha value is -3.38. The van der Waals surface area contributed by atoms with Gasteiger partial charge >= 0.3 is 0 Å². The van der Waals surface area contributed by atoms with Crippen molar-refractivity contribution in [3.8, 4) is 5.75 Å². The predicted molar refractivity (Wildman–Crippen MR) is 118 cm³/mol. The van der Waals surface area contributed by atoms with Crippen molar-refractivity contribution >= 4 is 5.91 Å². The Labute approximate surface area is 180 Å². The number of benzene rings is 2. The summed E-state index contributed by atoms with van der Waals surface area (Å²) in [5.74, 6) is -0.883. The van der Waals surface area contributed by atoms with E-state index < -0.39 is 11.2 Å². The minimum atomic E-state index is -0.530. The lowest BCUT2D eigenvalue weighted by atomic mass is 9.87. The summed E-state index contributed by atoms with van der Waals surface area (Å²) in [7, 11) is 0. The van der Waals surface area contributed by atoms with Crippen molar-refractivity contribution in [1.29, 1.82) is 0 Å². The van der Waals surface area contributed by atoms with Gasteiger partial charge < -0.3 is 9.67 Å². The molecule has 1 unspecified atom stereocenters. The van der Waals surface area contributed by atoms with Gasteiger partial charge in [0.05, 0.1) is 0 Å². The molecule has 0 bridgehead atoms. The van der Waals surface area contributed by atoms with E-state index in [9.17, 15) is 14.7 Å². The van der Waals surface area contributed by atoms with Gasteiger partial charge in [0.25, 0.3) is 5.91 Å². The Morgan fingerprint density at radius 2 is 1.42 bits per heavy atom. The third-order valence-electron chi connectivity index (χ3n) is 6.31. The van der Waals surface area contributed by atoms with Crippen LogP contribution in [0.4, 0.5) is 0 Å². The fourth-order valence-corrected chi connectivity index (χ4v) is 4.88. The van der Waals surface area contributed by atoms with Gasteiger partial charge in [-0.25, -0.2) is 0 Å². The topological polar surface area (TPSA) is 65.8 Å². The number of pyridine rings is 1. The molecule has 6 heteroatoms. The van der Waals surface area contributed by atoms with E-state index in [2.05, 4.69) is 29.3 Å². The van der Waals surface area contributed by atoms with Crippen LogP contribution in [0.5, 0.6) is 5.75 Å². The standard InChI is InChI=1S/C25H25N3O3/c29-20-14-17-26-22(23(20)30)25(31)28-16-9-3-8-15-27(28)24(26)21(18-10-4-1-5-11-18)19-12-6-2-7-13-19/h1-2,4-7,10-14,17,21,24,30H,3,8-9,15-16H2. The molecule has 1 N–H and O–H groups in total. The minimum Gasteiger partial charge on any atom is -0.503 e. The van der Waals surface area contributed by atoms with Crippen LogP contribution in [0, 0.1) is 0 Å². The van der Waals surface area contributed by atoms with Gasteiger partial charge in [0, 0.05) is 31.3 Å². The molecule has 5 rings (SSSR count). The third kappa shape index (κ3) is 3.33. The first kappa shape index (κ1) is 19.6. The Balaban J connectivity index is 1.78. The smallest absolute Gasteiger partial charge is 0.288 e. The number of nitrogens with zero attached hydrogens (tertiary/aromatic N) is 3. The second-order valence-corrected chi connectivity index (χ2v) is 8.15. The average Bonchev–Trinajstić information content (AvgIpc) is 3.06. The fraction of sp³-hybridized carbons (Fsp3) is 0.280. The van der Waals surface area contributed by atoms with Crippen LogP contribution in [0.2, 0.25) is 0 Å². The highest BCUT2D eigenvalue weighted by atomic mass is 16.3. The Bertz CT molecular complexity index is 1100. The lowest BCUT2D eigenvalue weighted by Crippen LogP contribution is -2.56. The summed E-state index contributed by atoms with van der Waals surface area (Å²) in [4.78, 5) is 25.6. The Morgan fingerprint density at radius 3 is 2.06 bits per heavy atom. The van der Waals surface area contributed by atoms with Gasteiger partial charge in [-0.05, 0) is 24.0 Å². The largest absolute Gasteiger partial charge is 0.503 e. The third-order valence-corrected chi connectivity index (χ3v) is 6.31. The van der Waals surface area contributed by atoms with E-state index in [0.29, 0.717) is 6.54 Å². The summed E-state index contributed by atoms with van der Waals surface area (Å²) in [6.45, 7) is 1.31. The average molecular weight is 415 g/mol. The SMILES string of the molecule is O=C1c2c(O)c(=O)ccn2C(C(c2ccccc2)c2ccccc2)N2CCCCCN12. The number of carbonyl (C=O) groups excluding carboxylic acids is 1. The molecule has 158 valence electrons. The molecule has 2 aliphatic rings. The second kappa shape index (κ2) is 8.04. The summed E-state index contributed by atoms with van der Waals surface area (Å²) in [5.41, 5.74) is 1.77. The zero-order chi connectivity index (χ0) is 21.4. The summed E-state index contributed by atoms with van der Waals surface area (Å²) in [5, 5.41) is 14.5. The van der Waals surface area contributed by atoms with Gasteiger partial charge in [-0.15, -0.1) is 0 Å². The lowest BCUT2D eigenvalue weighted by molar-refractivity contribution is -0.0763. The monoisotopic (exact) mass is 415 g/mol. The number of aromatic nitrogens is 1. The molecular formula is C25H25N3O3. The van der Waals surface area contributed by atoms with Crippen LogP contribution in [0.1, 0.15) is 53.0 Å². The van der Waals surface area contributed by atoms with Crippen molar-refractivity contribution in [2.24, 2.45) is 0 Å². The van der Waals surface area contributed by atoms with Crippen LogP contribution >= 0.6 is 0 Å². The number of fused-ring (bicyclic) bond motifs is 2. The van der Waals surface area contributed by atoms with Crippen LogP contribution in [-0.4, -0.2) is 38.7 Å². The first-order valence-electron chi connectivity index (χ1n) is 10.8. The maximum atomic E-state index is 13.4. The summed E-state index contributed by atoms with van der Waals surface area (Å²) >= 11 is 0. The number of rotatable bonds is 3. The molecule has 0 spiro atoms. The summed E-state index contributed by atoms with van der Waals surface area (Å²) < 4.78 is 1.80. The molecule has 6 nitrogen and oxygen atoms in total. The minimum absolute atomic E-state index is 0.0764. The second-order valence-electron chi connectivity index (χ2n) is 8.15. The number of hydrazine groups is 1. The molecule has 31 heavy (non-hydrogen) atoms. The number of hydrogen-bond donors (Lipinski definition) is 1. The highest BCUT2D eigenvalue weighted by Crippen LogP contribution is 2.43. The van der Waals surface area contributed by atoms with Crippen molar-refractivity contribution in [3.05, 3.63) is 100.0 Å². The van der Waals surface area contributed by atoms with Gasteiger partial charge in [-0.1, -0.05) is 67.1 Å². The van der Waals surface area contributed by atoms with E-state index in [1.54, 1.807) is 15.8 Å². The van der Waals surface area contributed by atoms with Gasteiger partial charge in [0.1, 0.15) is 6.17 Å². The summed E-state index contributed by atoms with van der Waals surface area (Å²) in [6, 6.07) is 21.8. The van der Waals surface area contributed by atoms with E-state index in [4.69, 9.17) is 0 Å². The van der Waals surface area contributed by atoms with Crippen LogP contribution in [0.15, 0.2) is 77.7 Å². The molecule has 1 atom stereocenters. The maximum absolute atomic E-state index is 13.4. The van der Waals surface area contributed by atoms with Crippen molar-refractivity contribution in [2.45, 2.75) is 31.3 Å². The maximum Gasteiger partial charge on any atom is 0.288 e. The number of amides is 1. The van der Waals surface area contributed by atoms with Gasteiger partial charge in [0.2, 0.25) is 5.43 Å². The van der Waals surface area contributed by atoms with E-state index in [1.807, 2.05) is 36.4 Å². The van der Waals surface area contributed by atoms with Gasteiger partial charge in [0.15, 0.2) is 11.4 Å². The van der Waals surface area contributed by atoms with Crippen LogP contribution in [0.25, 0.3) is 0 Å². The van der Waals surface area contributed by atoms with E-state index in [-0.39, 0.29) is 23.7 Å². The number of hydrogen-bond acceptors (Lipinski definition) is 4. The molecule has 2 aromatic carbocycles. The Morgan fingerprint density at radius 1 is 0.806 bits per heavy atom. The molecule has 1 fully saturated rings. The highest BCUT2D eigenvalue weighted by Gasteiger charge is 2.44. The van der Waals surface area contributed by atoms with E-state index >= 15 is 0 Å². The van der Waals surface area contributed by atoms with Crippen molar-refractivity contribution in [2.75, 3.05) is 13.1 Å². The molecule has 0 radical (unpaired) electrons. The van der Waals surface area contributed by atoms with Gasteiger partial charge in [-0.2, -0.15) is 5.01 Å². The molecular weight excluding hydrogens is 390 g/mol. The van der Waals surface area contributed by atoms with Crippen LogP contribution in [0.3, 0.4) is 0 Å². The molecule has 3 heterocycles. The molecule has 2 aliphatic heterocycles. The Kier molecular flexibility index (Phi) is 5.08. The lowest BCUT2D eigenvalue weighted by Gasteiger charge is -2.48. The molecule has 1 amide bonds. The van der Waals surface area contributed by atoms with Crippen LogP contribution < -0.4 is 5.43 Å². The summed E-state index contributed by atoms with van der Waals surface area (Å²) in [6.07, 6.45) is 4.28. The first-order valence-corrected chi connectivity index (χ1v) is 10.8. The first-order chi connectivity index (χ1) is 15.2.